The molecule has 0 aliphatic rings. The summed E-state index contributed by atoms with van der Waals surface area (Å²) in [6.07, 6.45) is 0. The fourth-order valence-corrected chi connectivity index (χ4v) is 2.02. The molecule has 0 aliphatic heterocycles. The van der Waals surface area contributed by atoms with Gasteiger partial charge in [0.05, 0.1) is 16.5 Å². The van der Waals surface area contributed by atoms with Crippen molar-refractivity contribution in [1.29, 1.82) is 5.26 Å². The number of benzene rings is 1. The van der Waals surface area contributed by atoms with Crippen molar-refractivity contribution in [3.8, 4) is 6.07 Å². The first-order chi connectivity index (χ1) is 8.17. The van der Waals surface area contributed by atoms with E-state index in [-0.39, 0.29) is 10.5 Å². The Morgan fingerprint density at radius 3 is 2.44 bits per heavy atom. The minimum Gasteiger partial charge on any atom is -0.334 e. The number of amides is 1. The van der Waals surface area contributed by atoms with Crippen molar-refractivity contribution in [1.82, 2.24) is 5.32 Å². The Kier molecular flexibility index (Phi) is 3.74. The fourth-order valence-electron chi connectivity index (χ4n) is 1.28. The second-order valence-electron chi connectivity index (χ2n) is 4.23. The zero-order chi connectivity index (χ0) is 14.0. The maximum atomic E-state index is 11.9. The third-order valence-corrected chi connectivity index (χ3v) is 3.11. The summed E-state index contributed by atoms with van der Waals surface area (Å²) >= 11 is 0. The van der Waals surface area contributed by atoms with E-state index in [4.69, 9.17) is 10.4 Å². The average molecular weight is 267 g/mol. The standard InChI is InChI=1S/C11H13N3O3S/c1-11(2,7-12)14-10(15)8-5-3-4-6-9(8)18(13,16)17/h3-6H,1-2H3,(H,14,15)(H2,13,16,17). The first-order valence-corrected chi connectivity index (χ1v) is 6.57. The number of hydrogen-bond acceptors (Lipinski definition) is 4. The van der Waals surface area contributed by atoms with E-state index in [9.17, 15) is 13.2 Å². The molecule has 0 aromatic heterocycles. The van der Waals surface area contributed by atoms with Crippen LogP contribution < -0.4 is 10.5 Å². The van der Waals surface area contributed by atoms with Gasteiger partial charge in [-0.2, -0.15) is 5.26 Å². The first kappa shape index (κ1) is 14.2. The molecule has 0 radical (unpaired) electrons. The Balaban J connectivity index is 3.21. The van der Waals surface area contributed by atoms with Crippen LogP contribution in [-0.4, -0.2) is 19.9 Å². The van der Waals surface area contributed by atoms with Gasteiger partial charge in [-0.3, -0.25) is 4.79 Å². The van der Waals surface area contributed by atoms with Crippen LogP contribution in [0, 0.1) is 11.3 Å². The molecule has 0 atom stereocenters. The average Bonchev–Trinajstić information content (AvgIpc) is 2.27. The molecule has 0 spiro atoms. The van der Waals surface area contributed by atoms with Gasteiger partial charge in [0.15, 0.2) is 0 Å². The van der Waals surface area contributed by atoms with Gasteiger partial charge in [-0.25, -0.2) is 13.6 Å². The predicted octanol–water partition coefficient (Wildman–Crippen LogP) is 0.366. The molecule has 0 bridgehead atoms. The van der Waals surface area contributed by atoms with Crippen LogP contribution in [0.1, 0.15) is 24.2 Å². The van der Waals surface area contributed by atoms with Crippen molar-refractivity contribution in [2.24, 2.45) is 5.14 Å². The van der Waals surface area contributed by atoms with Crippen LogP contribution in [0.2, 0.25) is 0 Å². The number of nitrogens with zero attached hydrogens (tertiary/aromatic N) is 1. The highest BCUT2D eigenvalue weighted by molar-refractivity contribution is 7.89. The van der Waals surface area contributed by atoms with Crippen molar-refractivity contribution in [2.75, 3.05) is 0 Å². The third kappa shape index (κ3) is 3.29. The molecule has 0 saturated heterocycles. The Morgan fingerprint density at radius 1 is 1.39 bits per heavy atom. The summed E-state index contributed by atoms with van der Waals surface area (Å²) < 4.78 is 22.7. The van der Waals surface area contributed by atoms with Gasteiger partial charge in [-0.15, -0.1) is 0 Å². The Hall–Kier alpha value is -1.91. The zero-order valence-corrected chi connectivity index (χ0v) is 10.8. The molecule has 1 rings (SSSR count). The molecule has 3 N–H and O–H groups in total. The lowest BCUT2D eigenvalue weighted by molar-refractivity contribution is 0.0926. The number of primary sulfonamides is 1. The fraction of sp³-hybridized carbons (Fsp3) is 0.273. The molecule has 7 heteroatoms. The smallest absolute Gasteiger partial charge is 0.253 e. The van der Waals surface area contributed by atoms with Crippen molar-refractivity contribution in [3.05, 3.63) is 29.8 Å². The summed E-state index contributed by atoms with van der Waals surface area (Å²) in [7, 11) is -3.98. The van der Waals surface area contributed by atoms with Gasteiger partial charge in [0.25, 0.3) is 5.91 Å². The minimum atomic E-state index is -3.98. The lowest BCUT2D eigenvalue weighted by atomic mass is 10.1. The first-order valence-electron chi connectivity index (χ1n) is 5.03. The molecular weight excluding hydrogens is 254 g/mol. The number of hydrogen-bond donors (Lipinski definition) is 2. The maximum absolute atomic E-state index is 11.9. The lowest BCUT2D eigenvalue weighted by Crippen LogP contribution is -2.42. The number of nitrogens with two attached hydrogens (primary N) is 1. The van der Waals surface area contributed by atoms with E-state index in [1.165, 1.54) is 38.1 Å². The maximum Gasteiger partial charge on any atom is 0.253 e. The van der Waals surface area contributed by atoms with Gasteiger partial charge in [0.2, 0.25) is 10.0 Å². The minimum absolute atomic E-state index is 0.0803. The largest absolute Gasteiger partial charge is 0.334 e. The molecule has 0 unspecified atom stereocenters. The summed E-state index contributed by atoms with van der Waals surface area (Å²) in [5.74, 6) is -0.661. The van der Waals surface area contributed by atoms with E-state index in [0.717, 1.165) is 0 Å². The molecule has 6 nitrogen and oxygen atoms in total. The van der Waals surface area contributed by atoms with Crippen molar-refractivity contribution < 1.29 is 13.2 Å². The van der Waals surface area contributed by atoms with Gasteiger partial charge >= 0.3 is 0 Å². The Morgan fingerprint density at radius 2 is 1.94 bits per heavy atom. The van der Waals surface area contributed by atoms with E-state index < -0.39 is 21.5 Å². The van der Waals surface area contributed by atoms with Crippen LogP contribution in [0.15, 0.2) is 29.2 Å². The number of nitriles is 1. The van der Waals surface area contributed by atoms with Crippen LogP contribution in [-0.2, 0) is 10.0 Å². The topological polar surface area (TPSA) is 113 Å². The Labute approximate surface area is 105 Å². The highest BCUT2D eigenvalue weighted by Gasteiger charge is 2.24. The summed E-state index contributed by atoms with van der Waals surface area (Å²) in [4.78, 5) is 11.6. The highest BCUT2D eigenvalue weighted by Crippen LogP contribution is 2.14. The number of rotatable bonds is 3. The van der Waals surface area contributed by atoms with E-state index in [1.54, 1.807) is 0 Å². The number of carbonyl (C=O) groups excluding carboxylic acids is 1. The molecule has 0 saturated carbocycles. The molecule has 1 aromatic carbocycles. The molecule has 96 valence electrons. The lowest BCUT2D eigenvalue weighted by Gasteiger charge is -2.18. The van der Waals surface area contributed by atoms with Crippen LogP contribution >= 0.6 is 0 Å². The van der Waals surface area contributed by atoms with Crippen molar-refractivity contribution in [2.45, 2.75) is 24.3 Å². The van der Waals surface area contributed by atoms with Gasteiger partial charge in [0.1, 0.15) is 5.54 Å². The van der Waals surface area contributed by atoms with Gasteiger partial charge < -0.3 is 5.32 Å². The van der Waals surface area contributed by atoms with E-state index >= 15 is 0 Å². The number of nitrogens with one attached hydrogen (secondary N) is 1. The van der Waals surface area contributed by atoms with Gasteiger partial charge in [0, 0.05) is 0 Å². The van der Waals surface area contributed by atoms with E-state index in [2.05, 4.69) is 5.32 Å². The molecule has 0 fully saturated rings. The molecule has 1 amide bonds. The predicted molar refractivity (Wildman–Crippen MR) is 65.0 cm³/mol. The quantitative estimate of drug-likeness (QED) is 0.823. The second-order valence-corrected chi connectivity index (χ2v) is 5.76. The molecular formula is C11H13N3O3S. The van der Waals surface area contributed by atoms with Crippen molar-refractivity contribution in [3.63, 3.8) is 0 Å². The molecule has 1 aromatic rings. The zero-order valence-electron chi connectivity index (χ0n) is 9.97. The van der Waals surface area contributed by atoms with Gasteiger partial charge in [-0.1, -0.05) is 12.1 Å². The third-order valence-electron chi connectivity index (χ3n) is 2.14. The molecule has 0 heterocycles. The summed E-state index contributed by atoms with van der Waals surface area (Å²) in [6.45, 7) is 3.01. The van der Waals surface area contributed by atoms with E-state index in [0.29, 0.717) is 0 Å². The van der Waals surface area contributed by atoms with Crippen LogP contribution in [0.3, 0.4) is 0 Å². The van der Waals surface area contributed by atoms with E-state index in [1.807, 2.05) is 6.07 Å². The van der Waals surface area contributed by atoms with Gasteiger partial charge in [-0.05, 0) is 26.0 Å². The van der Waals surface area contributed by atoms with Crippen LogP contribution in [0.4, 0.5) is 0 Å². The van der Waals surface area contributed by atoms with Crippen LogP contribution in [0.25, 0.3) is 0 Å². The number of carbonyl (C=O) groups is 1. The Bertz CT molecular complexity index is 615. The second kappa shape index (κ2) is 4.76. The molecule has 18 heavy (non-hydrogen) atoms. The normalized spacial score (nSPS) is 11.7. The SMILES string of the molecule is CC(C)(C#N)NC(=O)c1ccccc1S(N)(=O)=O. The molecule has 0 aliphatic carbocycles. The number of sulfonamides is 1. The monoisotopic (exact) mass is 267 g/mol. The van der Waals surface area contributed by atoms with Crippen LogP contribution in [0.5, 0.6) is 0 Å². The summed E-state index contributed by atoms with van der Waals surface area (Å²) in [5.41, 5.74) is -1.17. The summed E-state index contributed by atoms with van der Waals surface area (Å²) in [5, 5.41) is 16.2. The highest BCUT2D eigenvalue weighted by atomic mass is 32.2. The summed E-state index contributed by atoms with van der Waals surface area (Å²) in [6, 6.07) is 7.44. The van der Waals surface area contributed by atoms with Crippen molar-refractivity contribution >= 4 is 15.9 Å².